The van der Waals surface area contributed by atoms with Crippen LogP contribution in [0.5, 0.6) is 0 Å². The van der Waals surface area contributed by atoms with E-state index in [1.54, 1.807) is 0 Å². The molecule has 12 heavy (non-hydrogen) atoms. The Balaban J connectivity index is 1.91. The van der Waals surface area contributed by atoms with Crippen molar-refractivity contribution >= 4 is 26.6 Å². The first-order valence-corrected chi connectivity index (χ1v) is 7.02. The third-order valence-electron chi connectivity index (χ3n) is 1.41. The Hall–Kier alpha value is 1.13. The molecule has 0 bridgehead atoms. The molecule has 0 aromatic carbocycles. The van der Waals surface area contributed by atoms with E-state index in [2.05, 4.69) is 16.6 Å². The Labute approximate surface area is 79.2 Å². The average Bonchev–Trinajstić information content (AvgIpc) is 2.14. The van der Waals surface area contributed by atoms with Gasteiger partial charge in [0, 0.05) is 8.88 Å². The molecule has 0 aromatic heterocycles. The zero-order chi connectivity index (χ0) is 8.65. The Morgan fingerprint density at radius 3 is 2.67 bits per heavy atom. The van der Waals surface area contributed by atoms with Crippen molar-refractivity contribution in [3.63, 3.8) is 0 Å². The normalized spacial score (nSPS) is 25.8. The maximum atomic E-state index is 5.52. The van der Waals surface area contributed by atoms with E-state index in [-0.39, 0.29) is 0 Å². The van der Waals surface area contributed by atoms with Crippen LogP contribution in [0.3, 0.4) is 0 Å². The third kappa shape index (κ3) is 4.99. The number of unbranched alkanes of at least 4 members (excludes halogenated alkanes) is 2. The molecule has 1 aliphatic rings. The van der Waals surface area contributed by atoms with Gasteiger partial charge in [0.25, 0.3) is 0 Å². The molecule has 1 saturated heterocycles. The summed E-state index contributed by atoms with van der Waals surface area (Å²) in [4.78, 5) is 12.0. The lowest BCUT2D eigenvalue weighted by molar-refractivity contribution is -0.00738. The Morgan fingerprint density at radius 1 is 1.25 bits per heavy atom. The first kappa shape index (κ1) is 11.2. The number of rotatable bonds is 5. The highest BCUT2D eigenvalue weighted by molar-refractivity contribution is 7.65. The molecule has 0 saturated carbocycles. The summed E-state index contributed by atoms with van der Waals surface area (Å²) in [5.41, 5.74) is 0. The molecule has 0 aromatic rings. The summed E-state index contributed by atoms with van der Waals surface area (Å²) in [5, 5.41) is 0. The van der Waals surface area contributed by atoms with Gasteiger partial charge in [-0.05, 0) is 6.42 Å². The smallest absolute Gasteiger partial charge is 0.0693 e. The van der Waals surface area contributed by atoms with Gasteiger partial charge in [-0.25, -0.2) is 0 Å². The second-order valence-corrected chi connectivity index (χ2v) is 6.39. The lowest BCUT2D eigenvalue weighted by Gasteiger charge is -2.25. The first-order valence-electron chi connectivity index (χ1n) is 4.13. The number of nitrogens with one attached hydrogen (secondary N) is 2. The minimum absolute atomic E-state index is 0.628. The van der Waals surface area contributed by atoms with Gasteiger partial charge in [-0.2, -0.15) is 0 Å². The molecule has 1 aliphatic heterocycles. The van der Waals surface area contributed by atoms with Gasteiger partial charge in [-0.15, -0.1) is 4.60 Å². The van der Waals surface area contributed by atoms with Gasteiger partial charge in [0.1, 0.15) is 0 Å². The Kier molecular flexibility index (Phi) is 7.03. The van der Waals surface area contributed by atoms with Crippen LogP contribution in [0, 0.1) is 0 Å². The molecular weight excluding hydrogens is 211 g/mol. The van der Waals surface area contributed by atoms with Gasteiger partial charge in [0.2, 0.25) is 0 Å². The molecule has 72 valence electrons. The van der Waals surface area contributed by atoms with Crippen LogP contribution in [0.15, 0.2) is 0 Å². The van der Waals surface area contributed by atoms with Gasteiger partial charge in [0.15, 0.2) is 0 Å². The monoisotopic (exact) mass is 227 g/mol. The van der Waals surface area contributed by atoms with Crippen LogP contribution in [-0.4, -0.2) is 11.2 Å². The second-order valence-electron chi connectivity index (χ2n) is 2.43. The molecule has 1 rings (SSSR count). The van der Waals surface area contributed by atoms with E-state index in [0.29, 0.717) is 26.6 Å². The van der Waals surface area contributed by atoms with Crippen LogP contribution < -0.4 is 9.72 Å². The highest BCUT2D eigenvalue weighted by Gasteiger charge is 2.08. The molecule has 4 nitrogen and oxygen atoms in total. The highest BCUT2D eigenvalue weighted by Crippen LogP contribution is 2.37. The molecule has 0 spiro atoms. The lowest BCUT2D eigenvalue weighted by Crippen LogP contribution is -2.17. The van der Waals surface area contributed by atoms with Gasteiger partial charge in [0.05, 0.1) is 24.4 Å². The van der Waals surface area contributed by atoms with Crippen molar-refractivity contribution < 1.29 is 4.84 Å². The van der Waals surface area contributed by atoms with Gasteiger partial charge in [-0.1, -0.05) is 19.8 Å². The molecule has 2 unspecified atom stereocenters. The predicted molar refractivity (Wildman–Crippen MR) is 58.5 cm³/mol. The van der Waals surface area contributed by atoms with Crippen molar-refractivity contribution in [3.8, 4) is 0 Å². The fourth-order valence-corrected chi connectivity index (χ4v) is 4.40. The largest absolute Gasteiger partial charge is 0.290 e. The quantitative estimate of drug-likeness (QED) is 0.557. The maximum absolute atomic E-state index is 5.52. The van der Waals surface area contributed by atoms with Crippen molar-refractivity contribution in [2.75, 3.05) is 6.61 Å². The molecular formula is C5H16N3OP3. The van der Waals surface area contributed by atoms with E-state index in [1.807, 2.05) is 4.60 Å². The zero-order valence-electron chi connectivity index (χ0n) is 7.18. The van der Waals surface area contributed by atoms with Crippen molar-refractivity contribution in [1.29, 1.82) is 0 Å². The molecule has 2 atom stereocenters. The van der Waals surface area contributed by atoms with Crippen molar-refractivity contribution in [1.82, 2.24) is 14.3 Å². The van der Waals surface area contributed by atoms with Gasteiger partial charge < -0.3 is 0 Å². The van der Waals surface area contributed by atoms with E-state index >= 15 is 0 Å². The summed E-state index contributed by atoms with van der Waals surface area (Å²) in [6, 6.07) is 0. The van der Waals surface area contributed by atoms with Gasteiger partial charge >= 0.3 is 0 Å². The summed E-state index contributed by atoms with van der Waals surface area (Å²) in [5.74, 6) is 0. The SMILES string of the molecule is CCCCCON1PNPNP1. The molecule has 7 heteroatoms. The maximum Gasteiger partial charge on any atom is 0.0693 e. The first-order chi connectivity index (χ1) is 5.93. The molecule has 0 radical (unpaired) electrons. The van der Waals surface area contributed by atoms with Crippen LogP contribution in [0.25, 0.3) is 0 Å². The van der Waals surface area contributed by atoms with E-state index in [4.69, 9.17) is 4.84 Å². The lowest BCUT2D eigenvalue weighted by atomic mass is 10.3. The molecule has 0 aliphatic carbocycles. The average molecular weight is 227 g/mol. The number of nitrogens with zero attached hydrogens (tertiary/aromatic N) is 1. The Bertz CT molecular complexity index is 112. The van der Waals surface area contributed by atoms with E-state index < -0.39 is 0 Å². The van der Waals surface area contributed by atoms with Crippen LogP contribution in [0.2, 0.25) is 0 Å². The summed E-state index contributed by atoms with van der Waals surface area (Å²) >= 11 is 0. The fourth-order valence-electron chi connectivity index (χ4n) is 0.789. The number of hydrogen-bond acceptors (Lipinski definition) is 4. The molecule has 0 amide bonds. The van der Waals surface area contributed by atoms with Crippen molar-refractivity contribution in [3.05, 3.63) is 0 Å². The standard InChI is InChI=1S/C5H16N3OP3/c1-2-3-4-5-9-8-11-6-10-7-12-8/h6-7,10-12H,2-5H2,1H3. The van der Waals surface area contributed by atoms with E-state index in [1.165, 1.54) is 19.3 Å². The van der Waals surface area contributed by atoms with Crippen molar-refractivity contribution in [2.24, 2.45) is 0 Å². The van der Waals surface area contributed by atoms with Gasteiger partial charge in [-0.3, -0.25) is 14.6 Å². The molecule has 1 heterocycles. The van der Waals surface area contributed by atoms with Crippen LogP contribution >= 0.6 is 26.6 Å². The van der Waals surface area contributed by atoms with Crippen molar-refractivity contribution in [2.45, 2.75) is 26.2 Å². The minimum atomic E-state index is 0.628. The predicted octanol–water partition coefficient (Wildman–Crippen LogP) is 2.13. The third-order valence-corrected chi connectivity index (χ3v) is 4.64. The fraction of sp³-hybridized carbons (Fsp3) is 1.00. The topological polar surface area (TPSA) is 36.5 Å². The zero-order valence-corrected chi connectivity index (χ0v) is 10.2. The summed E-state index contributed by atoms with van der Waals surface area (Å²) in [7, 11) is 1.95. The van der Waals surface area contributed by atoms with Crippen LogP contribution in [0.1, 0.15) is 26.2 Å². The summed E-state index contributed by atoms with van der Waals surface area (Å²) in [6.45, 7) is 3.06. The minimum Gasteiger partial charge on any atom is -0.290 e. The van der Waals surface area contributed by atoms with Crippen LogP contribution in [0.4, 0.5) is 0 Å². The second kappa shape index (κ2) is 7.53. The summed E-state index contributed by atoms with van der Waals surface area (Å²) < 4.78 is 1.98. The number of hydrogen-bond donors (Lipinski definition) is 2. The highest BCUT2D eigenvalue weighted by atomic mass is 31.2. The molecule has 2 N–H and O–H groups in total. The molecule has 1 fully saturated rings. The van der Waals surface area contributed by atoms with E-state index in [9.17, 15) is 0 Å². The summed E-state index contributed by atoms with van der Waals surface area (Å²) in [6.07, 6.45) is 3.69. The van der Waals surface area contributed by atoms with E-state index in [0.717, 1.165) is 6.61 Å². The Morgan fingerprint density at radius 2 is 2.00 bits per heavy atom. The van der Waals surface area contributed by atoms with Crippen LogP contribution in [-0.2, 0) is 4.84 Å².